The van der Waals surface area contributed by atoms with Crippen molar-refractivity contribution in [2.24, 2.45) is 0 Å². The Labute approximate surface area is 153 Å². The van der Waals surface area contributed by atoms with Gasteiger partial charge in [-0.2, -0.15) is 0 Å². The number of rotatable bonds is 4. The molecular weight excluding hydrogens is 330 g/mol. The SMILES string of the molecule is COc1ccc(-c2cc(C(=O)N3CCC(N4CCCC4)CC3)on2)cc1. The van der Waals surface area contributed by atoms with Crippen molar-refractivity contribution < 1.29 is 14.1 Å². The van der Waals surface area contributed by atoms with Crippen molar-refractivity contribution in [3.05, 3.63) is 36.1 Å². The molecule has 2 aliphatic heterocycles. The van der Waals surface area contributed by atoms with E-state index in [1.165, 1.54) is 25.9 Å². The predicted molar refractivity (Wildman–Crippen MR) is 98.2 cm³/mol. The van der Waals surface area contributed by atoms with Crippen LogP contribution >= 0.6 is 0 Å². The number of likely N-dealkylation sites (tertiary alicyclic amines) is 2. The first-order chi connectivity index (χ1) is 12.7. The van der Waals surface area contributed by atoms with Crippen LogP contribution in [0.4, 0.5) is 0 Å². The van der Waals surface area contributed by atoms with Gasteiger partial charge in [0.05, 0.1) is 7.11 Å². The zero-order valence-corrected chi connectivity index (χ0v) is 15.2. The van der Waals surface area contributed by atoms with Crippen LogP contribution in [0.15, 0.2) is 34.9 Å². The number of nitrogens with zero attached hydrogens (tertiary/aromatic N) is 3. The minimum Gasteiger partial charge on any atom is -0.497 e. The maximum absolute atomic E-state index is 12.7. The second-order valence-corrected chi connectivity index (χ2v) is 7.07. The van der Waals surface area contributed by atoms with Crippen LogP contribution in [0.3, 0.4) is 0 Å². The maximum Gasteiger partial charge on any atom is 0.292 e. The van der Waals surface area contributed by atoms with Crippen LogP contribution in [-0.4, -0.2) is 60.2 Å². The summed E-state index contributed by atoms with van der Waals surface area (Å²) in [7, 11) is 1.63. The van der Waals surface area contributed by atoms with Crippen LogP contribution in [0.2, 0.25) is 0 Å². The number of methoxy groups -OCH3 is 1. The van der Waals surface area contributed by atoms with Crippen LogP contribution in [-0.2, 0) is 0 Å². The highest BCUT2D eigenvalue weighted by molar-refractivity contribution is 5.92. The molecule has 0 bridgehead atoms. The van der Waals surface area contributed by atoms with E-state index in [1.54, 1.807) is 13.2 Å². The fourth-order valence-corrected chi connectivity index (χ4v) is 3.97. The summed E-state index contributed by atoms with van der Waals surface area (Å²) >= 11 is 0. The average molecular weight is 355 g/mol. The summed E-state index contributed by atoms with van der Waals surface area (Å²) in [6.07, 6.45) is 4.72. The summed E-state index contributed by atoms with van der Waals surface area (Å²) in [6.45, 7) is 4.01. The Kier molecular flexibility index (Phi) is 4.93. The van der Waals surface area contributed by atoms with Crippen molar-refractivity contribution in [3.8, 4) is 17.0 Å². The highest BCUT2D eigenvalue weighted by Crippen LogP contribution is 2.25. The Balaban J connectivity index is 1.38. The first-order valence-corrected chi connectivity index (χ1v) is 9.39. The monoisotopic (exact) mass is 355 g/mol. The van der Waals surface area contributed by atoms with Crippen molar-refractivity contribution >= 4 is 5.91 Å². The molecule has 3 heterocycles. The number of carbonyl (C=O) groups is 1. The normalized spacial score (nSPS) is 19.0. The van der Waals surface area contributed by atoms with Gasteiger partial charge in [0.1, 0.15) is 11.4 Å². The Morgan fingerprint density at radius 2 is 1.81 bits per heavy atom. The fourth-order valence-electron chi connectivity index (χ4n) is 3.97. The molecule has 2 aliphatic rings. The highest BCUT2D eigenvalue weighted by atomic mass is 16.5. The molecule has 138 valence electrons. The van der Waals surface area contributed by atoms with E-state index >= 15 is 0 Å². The smallest absolute Gasteiger partial charge is 0.292 e. The first kappa shape index (κ1) is 17.1. The van der Waals surface area contributed by atoms with Gasteiger partial charge < -0.3 is 19.1 Å². The standard InChI is InChI=1S/C20H25N3O3/c1-25-17-6-4-15(5-7-17)18-14-19(26-21-18)20(24)23-12-8-16(9-13-23)22-10-2-3-11-22/h4-7,14,16H,2-3,8-13H2,1H3. The van der Waals surface area contributed by atoms with Crippen LogP contribution in [0.25, 0.3) is 11.3 Å². The number of aromatic nitrogens is 1. The van der Waals surface area contributed by atoms with Gasteiger partial charge in [-0.1, -0.05) is 5.16 Å². The molecule has 6 nitrogen and oxygen atoms in total. The van der Waals surface area contributed by atoms with E-state index < -0.39 is 0 Å². The van der Waals surface area contributed by atoms with Crippen LogP contribution < -0.4 is 4.74 Å². The van der Waals surface area contributed by atoms with Gasteiger partial charge in [0.2, 0.25) is 5.76 Å². The molecule has 0 spiro atoms. The lowest BCUT2D eigenvalue weighted by molar-refractivity contribution is 0.0605. The zero-order valence-electron chi connectivity index (χ0n) is 15.2. The number of ether oxygens (including phenoxy) is 1. The number of amides is 1. The Morgan fingerprint density at radius 1 is 1.12 bits per heavy atom. The van der Waals surface area contributed by atoms with Crippen LogP contribution in [0, 0.1) is 0 Å². The quantitative estimate of drug-likeness (QED) is 0.844. The molecule has 0 radical (unpaired) electrons. The van der Waals surface area contributed by atoms with Crippen molar-refractivity contribution in [3.63, 3.8) is 0 Å². The molecule has 2 fully saturated rings. The number of benzene rings is 1. The molecule has 1 aromatic heterocycles. The molecule has 1 aromatic carbocycles. The van der Waals surface area contributed by atoms with Gasteiger partial charge in [0.25, 0.3) is 5.91 Å². The summed E-state index contributed by atoms with van der Waals surface area (Å²) < 4.78 is 10.5. The Hall–Kier alpha value is -2.34. The maximum atomic E-state index is 12.7. The molecule has 4 rings (SSSR count). The minimum absolute atomic E-state index is 0.0582. The lowest BCUT2D eigenvalue weighted by Gasteiger charge is -2.36. The molecule has 0 saturated carbocycles. The molecule has 6 heteroatoms. The zero-order chi connectivity index (χ0) is 17.9. The molecule has 0 unspecified atom stereocenters. The molecule has 0 aliphatic carbocycles. The molecule has 2 aromatic rings. The lowest BCUT2D eigenvalue weighted by Crippen LogP contribution is -2.45. The van der Waals surface area contributed by atoms with E-state index in [0.29, 0.717) is 17.5 Å². The fraction of sp³-hybridized carbons (Fsp3) is 0.500. The van der Waals surface area contributed by atoms with Crippen molar-refractivity contribution in [1.82, 2.24) is 15.0 Å². The molecule has 1 amide bonds. The van der Waals surface area contributed by atoms with Crippen molar-refractivity contribution in [2.75, 3.05) is 33.3 Å². The van der Waals surface area contributed by atoms with E-state index in [1.807, 2.05) is 29.2 Å². The molecule has 26 heavy (non-hydrogen) atoms. The number of piperidine rings is 1. The number of hydrogen-bond donors (Lipinski definition) is 0. The van der Waals surface area contributed by atoms with Gasteiger partial charge in [0, 0.05) is 30.8 Å². The molecule has 0 atom stereocenters. The summed E-state index contributed by atoms with van der Waals surface area (Å²) in [5.74, 6) is 1.04. The van der Waals surface area contributed by atoms with E-state index in [4.69, 9.17) is 9.26 Å². The second-order valence-electron chi connectivity index (χ2n) is 7.07. The Bertz CT molecular complexity index is 742. The van der Waals surface area contributed by atoms with Crippen molar-refractivity contribution in [2.45, 2.75) is 31.7 Å². The average Bonchev–Trinajstić information content (AvgIpc) is 3.40. The topological polar surface area (TPSA) is 58.8 Å². The Morgan fingerprint density at radius 3 is 2.46 bits per heavy atom. The molecular formula is C20H25N3O3. The second kappa shape index (κ2) is 7.50. The highest BCUT2D eigenvalue weighted by Gasteiger charge is 2.30. The third-order valence-electron chi connectivity index (χ3n) is 5.52. The third-order valence-corrected chi connectivity index (χ3v) is 5.52. The van der Waals surface area contributed by atoms with Crippen molar-refractivity contribution in [1.29, 1.82) is 0 Å². The van der Waals surface area contributed by atoms with E-state index in [2.05, 4.69) is 10.1 Å². The van der Waals surface area contributed by atoms with E-state index in [-0.39, 0.29) is 5.91 Å². The molecule has 2 saturated heterocycles. The third kappa shape index (κ3) is 3.46. The summed E-state index contributed by atoms with van der Waals surface area (Å²) in [4.78, 5) is 17.2. The van der Waals surface area contributed by atoms with Gasteiger partial charge in [-0.15, -0.1) is 0 Å². The largest absolute Gasteiger partial charge is 0.497 e. The predicted octanol–water partition coefficient (Wildman–Crippen LogP) is 3.05. The summed E-state index contributed by atoms with van der Waals surface area (Å²) in [6, 6.07) is 9.92. The van der Waals surface area contributed by atoms with Gasteiger partial charge in [0.15, 0.2) is 0 Å². The minimum atomic E-state index is -0.0582. The number of hydrogen-bond acceptors (Lipinski definition) is 5. The van der Waals surface area contributed by atoms with Gasteiger partial charge >= 0.3 is 0 Å². The van der Waals surface area contributed by atoms with Gasteiger partial charge in [-0.05, 0) is 63.0 Å². The molecule has 0 N–H and O–H groups in total. The van der Waals surface area contributed by atoms with Gasteiger partial charge in [-0.25, -0.2) is 0 Å². The van der Waals surface area contributed by atoms with Crippen LogP contribution in [0.5, 0.6) is 5.75 Å². The van der Waals surface area contributed by atoms with E-state index in [9.17, 15) is 4.79 Å². The summed E-state index contributed by atoms with van der Waals surface area (Å²) in [5.41, 5.74) is 1.57. The van der Waals surface area contributed by atoms with Gasteiger partial charge in [-0.3, -0.25) is 4.79 Å². The lowest BCUT2D eigenvalue weighted by atomic mass is 10.0. The first-order valence-electron chi connectivity index (χ1n) is 9.39. The van der Waals surface area contributed by atoms with Crippen LogP contribution in [0.1, 0.15) is 36.2 Å². The number of carbonyl (C=O) groups excluding carboxylic acids is 1. The summed E-state index contributed by atoms with van der Waals surface area (Å²) in [5, 5.41) is 4.06. The van der Waals surface area contributed by atoms with E-state index in [0.717, 1.165) is 37.2 Å².